The molecule has 7 heteroatoms. The molecule has 1 saturated heterocycles. The maximum Gasteiger partial charge on any atom is 0.323 e. The van der Waals surface area contributed by atoms with Gasteiger partial charge in [-0.25, -0.2) is 0 Å². The van der Waals surface area contributed by atoms with Crippen molar-refractivity contribution in [1.29, 1.82) is 0 Å². The molecule has 0 aromatic carbocycles. The van der Waals surface area contributed by atoms with Crippen molar-refractivity contribution < 1.29 is 23.8 Å². The second-order valence-corrected chi connectivity index (χ2v) is 5.16. The number of rotatable bonds is 5. The molecule has 1 aromatic heterocycles. The first kappa shape index (κ1) is 15.5. The zero-order valence-electron chi connectivity index (χ0n) is 12.2. The zero-order chi connectivity index (χ0) is 15.4. The largest absolute Gasteiger partial charge is 0.480 e. The lowest BCUT2D eigenvalue weighted by atomic mass is 10.2. The lowest BCUT2D eigenvalue weighted by molar-refractivity contribution is -0.151. The SMILES string of the molecule is Cc1ccc(CN(C)C(=O)CN2CCOCC2C(=O)O)o1. The monoisotopic (exact) mass is 296 g/mol. The number of aryl methyl sites for hydroxylation is 1. The van der Waals surface area contributed by atoms with Gasteiger partial charge in [-0.05, 0) is 19.1 Å². The molecule has 116 valence electrons. The van der Waals surface area contributed by atoms with Crippen LogP contribution in [0.15, 0.2) is 16.5 Å². The fourth-order valence-electron chi connectivity index (χ4n) is 2.24. The number of nitrogens with zero attached hydrogens (tertiary/aromatic N) is 2. The van der Waals surface area contributed by atoms with Gasteiger partial charge in [-0.3, -0.25) is 14.5 Å². The van der Waals surface area contributed by atoms with Crippen molar-refractivity contribution in [2.75, 3.05) is 33.4 Å². The summed E-state index contributed by atoms with van der Waals surface area (Å²) in [4.78, 5) is 26.5. The second kappa shape index (κ2) is 6.73. The molecular formula is C14H20N2O5. The van der Waals surface area contributed by atoms with E-state index in [-0.39, 0.29) is 19.1 Å². The molecule has 1 fully saturated rings. The highest BCUT2D eigenvalue weighted by Crippen LogP contribution is 2.11. The van der Waals surface area contributed by atoms with Crippen molar-refractivity contribution in [3.05, 3.63) is 23.7 Å². The first-order valence-electron chi connectivity index (χ1n) is 6.81. The smallest absolute Gasteiger partial charge is 0.323 e. The Hall–Kier alpha value is -1.86. The Balaban J connectivity index is 1.91. The number of hydrogen-bond donors (Lipinski definition) is 1. The van der Waals surface area contributed by atoms with Crippen molar-refractivity contribution in [3.63, 3.8) is 0 Å². The molecule has 0 spiro atoms. The molecule has 1 aliphatic rings. The number of ether oxygens (including phenoxy) is 1. The Labute approximate surface area is 123 Å². The van der Waals surface area contributed by atoms with Gasteiger partial charge in [0.15, 0.2) is 0 Å². The van der Waals surface area contributed by atoms with Crippen LogP contribution < -0.4 is 0 Å². The summed E-state index contributed by atoms with van der Waals surface area (Å²) in [5.41, 5.74) is 0. The van der Waals surface area contributed by atoms with Gasteiger partial charge in [-0.2, -0.15) is 0 Å². The van der Waals surface area contributed by atoms with E-state index in [4.69, 9.17) is 14.3 Å². The molecular weight excluding hydrogens is 276 g/mol. The van der Waals surface area contributed by atoms with E-state index >= 15 is 0 Å². The van der Waals surface area contributed by atoms with E-state index in [1.165, 1.54) is 4.90 Å². The molecule has 1 N–H and O–H groups in total. The van der Waals surface area contributed by atoms with Crippen LogP contribution in [-0.4, -0.2) is 66.2 Å². The van der Waals surface area contributed by atoms with Gasteiger partial charge in [0.25, 0.3) is 0 Å². The van der Waals surface area contributed by atoms with Crippen molar-refractivity contribution in [2.24, 2.45) is 0 Å². The number of carbonyl (C=O) groups excluding carboxylic acids is 1. The average molecular weight is 296 g/mol. The third-order valence-electron chi connectivity index (χ3n) is 3.48. The van der Waals surface area contributed by atoms with Crippen LogP contribution in [0.1, 0.15) is 11.5 Å². The number of aliphatic carboxylic acids is 1. The summed E-state index contributed by atoms with van der Waals surface area (Å²) in [6, 6.07) is 2.91. The van der Waals surface area contributed by atoms with Gasteiger partial charge < -0.3 is 19.2 Å². The van der Waals surface area contributed by atoms with Crippen LogP contribution in [0.5, 0.6) is 0 Å². The predicted octanol–water partition coefficient (Wildman–Crippen LogP) is 0.332. The number of carboxylic acid groups (broad SMARTS) is 1. The molecule has 0 saturated carbocycles. The number of furan rings is 1. The van der Waals surface area contributed by atoms with Crippen LogP contribution in [0, 0.1) is 6.92 Å². The maximum absolute atomic E-state index is 12.2. The Morgan fingerprint density at radius 3 is 2.86 bits per heavy atom. The minimum absolute atomic E-state index is 0.0660. The zero-order valence-corrected chi connectivity index (χ0v) is 12.2. The first-order valence-corrected chi connectivity index (χ1v) is 6.81. The highest BCUT2D eigenvalue weighted by atomic mass is 16.5. The van der Waals surface area contributed by atoms with E-state index in [2.05, 4.69) is 0 Å². The van der Waals surface area contributed by atoms with Gasteiger partial charge in [-0.15, -0.1) is 0 Å². The van der Waals surface area contributed by atoms with Gasteiger partial charge in [0.2, 0.25) is 5.91 Å². The molecule has 0 bridgehead atoms. The van der Waals surface area contributed by atoms with Crippen LogP contribution >= 0.6 is 0 Å². The fourth-order valence-corrected chi connectivity index (χ4v) is 2.24. The molecule has 21 heavy (non-hydrogen) atoms. The van der Waals surface area contributed by atoms with Gasteiger partial charge >= 0.3 is 5.97 Å². The van der Waals surface area contributed by atoms with Crippen molar-refractivity contribution in [2.45, 2.75) is 19.5 Å². The van der Waals surface area contributed by atoms with E-state index in [9.17, 15) is 9.59 Å². The van der Waals surface area contributed by atoms with E-state index in [0.29, 0.717) is 25.5 Å². The molecule has 2 rings (SSSR count). The normalized spacial score (nSPS) is 19.4. The van der Waals surface area contributed by atoms with Gasteiger partial charge in [0, 0.05) is 13.6 Å². The van der Waals surface area contributed by atoms with Crippen molar-refractivity contribution in [1.82, 2.24) is 9.80 Å². The molecule has 1 aromatic rings. The summed E-state index contributed by atoms with van der Waals surface area (Å²) < 4.78 is 10.6. The Kier molecular flexibility index (Phi) is 4.98. The quantitative estimate of drug-likeness (QED) is 0.843. The van der Waals surface area contributed by atoms with Crippen molar-refractivity contribution >= 4 is 11.9 Å². The first-order chi connectivity index (χ1) is 9.97. The third kappa shape index (κ3) is 4.05. The van der Waals surface area contributed by atoms with Crippen molar-refractivity contribution in [3.8, 4) is 0 Å². The lowest BCUT2D eigenvalue weighted by Gasteiger charge is -2.33. The minimum Gasteiger partial charge on any atom is -0.480 e. The Morgan fingerprint density at radius 2 is 2.24 bits per heavy atom. The average Bonchev–Trinajstić information content (AvgIpc) is 2.84. The molecule has 0 aliphatic carbocycles. The standard InChI is InChI=1S/C14H20N2O5/c1-10-3-4-11(21-10)7-15(2)13(17)8-16-5-6-20-9-12(16)14(18)19/h3-4,12H,5-9H2,1-2H3,(H,18,19). The van der Waals surface area contributed by atoms with E-state index in [1.54, 1.807) is 11.9 Å². The number of carbonyl (C=O) groups is 2. The number of amides is 1. The summed E-state index contributed by atoms with van der Waals surface area (Å²) in [5, 5.41) is 9.14. The highest BCUT2D eigenvalue weighted by Gasteiger charge is 2.31. The summed E-state index contributed by atoms with van der Waals surface area (Å²) in [6.07, 6.45) is 0. The van der Waals surface area contributed by atoms with Crippen LogP contribution in [0.25, 0.3) is 0 Å². The van der Waals surface area contributed by atoms with Gasteiger partial charge in [-0.1, -0.05) is 0 Å². The van der Waals surface area contributed by atoms with Crippen LogP contribution in [0.2, 0.25) is 0 Å². The summed E-state index contributed by atoms with van der Waals surface area (Å²) in [5.74, 6) is 0.397. The fraction of sp³-hybridized carbons (Fsp3) is 0.571. The number of likely N-dealkylation sites (N-methyl/N-ethyl adjacent to an activating group) is 1. The number of carboxylic acids is 1. The summed E-state index contributed by atoms with van der Waals surface area (Å²) >= 11 is 0. The molecule has 1 atom stereocenters. The highest BCUT2D eigenvalue weighted by molar-refractivity contribution is 5.80. The van der Waals surface area contributed by atoms with Crippen LogP contribution in [-0.2, 0) is 20.9 Å². The van der Waals surface area contributed by atoms with Crippen LogP contribution in [0.3, 0.4) is 0 Å². The summed E-state index contributed by atoms with van der Waals surface area (Å²) in [6.45, 7) is 3.28. The molecule has 1 amide bonds. The molecule has 0 radical (unpaired) electrons. The topological polar surface area (TPSA) is 83.2 Å². The predicted molar refractivity (Wildman–Crippen MR) is 73.7 cm³/mol. The molecule has 1 aliphatic heterocycles. The number of hydrogen-bond acceptors (Lipinski definition) is 5. The van der Waals surface area contributed by atoms with E-state index < -0.39 is 12.0 Å². The van der Waals surface area contributed by atoms with E-state index in [1.807, 2.05) is 19.1 Å². The Bertz CT molecular complexity index is 513. The minimum atomic E-state index is -0.966. The Morgan fingerprint density at radius 1 is 1.48 bits per heavy atom. The van der Waals surface area contributed by atoms with Gasteiger partial charge in [0.05, 0.1) is 26.3 Å². The van der Waals surface area contributed by atoms with Crippen LogP contribution in [0.4, 0.5) is 0 Å². The lowest BCUT2D eigenvalue weighted by Crippen LogP contribution is -2.53. The summed E-state index contributed by atoms with van der Waals surface area (Å²) in [7, 11) is 1.68. The molecule has 2 heterocycles. The maximum atomic E-state index is 12.2. The van der Waals surface area contributed by atoms with Gasteiger partial charge in [0.1, 0.15) is 17.6 Å². The second-order valence-electron chi connectivity index (χ2n) is 5.16. The number of morpholine rings is 1. The third-order valence-corrected chi connectivity index (χ3v) is 3.48. The van der Waals surface area contributed by atoms with E-state index in [0.717, 1.165) is 5.76 Å². The molecule has 7 nitrogen and oxygen atoms in total. The molecule has 1 unspecified atom stereocenters.